The fraction of sp³-hybridized carbons (Fsp3) is 0.692. The number of carboxylic acid groups (broad SMARTS) is 1. The highest BCUT2D eigenvalue weighted by atomic mass is 16.5. The van der Waals surface area contributed by atoms with Crippen molar-refractivity contribution in [1.82, 2.24) is 4.90 Å². The molecule has 1 saturated heterocycles. The van der Waals surface area contributed by atoms with Crippen LogP contribution in [0.15, 0.2) is 0 Å². The summed E-state index contributed by atoms with van der Waals surface area (Å²) < 4.78 is 5.35. The van der Waals surface area contributed by atoms with Crippen LogP contribution >= 0.6 is 0 Å². The van der Waals surface area contributed by atoms with Crippen LogP contribution in [0, 0.1) is 18.3 Å². The van der Waals surface area contributed by atoms with Crippen molar-refractivity contribution in [1.29, 1.82) is 0 Å². The highest BCUT2D eigenvalue weighted by molar-refractivity contribution is 5.86. The molecule has 2 atom stereocenters. The summed E-state index contributed by atoms with van der Waals surface area (Å²) in [7, 11) is 0. The minimum absolute atomic E-state index is 0.0123. The second kappa shape index (κ2) is 5.40. The first kappa shape index (κ1) is 12.9. The van der Waals surface area contributed by atoms with Gasteiger partial charge in [-0.1, -0.05) is 12.3 Å². The number of hydrogen-bond donors (Lipinski definition) is 1. The number of terminal acetylenes is 1. The van der Waals surface area contributed by atoms with Crippen LogP contribution in [0.4, 0.5) is 0 Å². The van der Waals surface area contributed by atoms with Crippen LogP contribution in [-0.2, 0) is 14.3 Å². The van der Waals surface area contributed by atoms with Gasteiger partial charge in [-0.2, -0.15) is 0 Å². The van der Waals surface area contributed by atoms with Gasteiger partial charge in [0.25, 0.3) is 0 Å². The fourth-order valence-electron chi connectivity index (χ4n) is 2.45. The monoisotopic (exact) mass is 251 g/mol. The number of carbonyl (C=O) groups excluding carboxylic acids is 1. The van der Waals surface area contributed by atoms with Crippen LogP contribution < -0.4 is 0 Å². The molecule has 1 amide bonds. The number of carboxylic acids is 1. The second-order valence-corrected chi connectivity index (χ2v) is 4.85. The van der Waals surface area contributed by atoms with E-state index in [1.54, 1.807) is 0 Å². The Bertz CT molecular complexity index is 383. The predicted molar refractivity (Wildman–Crippen MR) is 63.7 cm³/mol. The maximum absolute atomic E-state index is 12.1. The van der Waals surface area contributed by atoms with Crippen molar-refractivity contribution in [2.45, 2.75) is 37.8 Å². The van der Waals surface area contributed by atoms with E-state index in [0.29, 0.717) is 13.0 Å². The molecule has 0 spiro atoms. The Morgan fingerprint density at radius 3 is 2.67 bits per heavy atom. The maximum atomic E-state index is 12.1. The highest BCUT2D eigenvalue weighted by Crippen LogP contribution is 2.31. The predicted octanol–water partition coefficient (Wildman–Crippen LogP) is 0.490. The number of ether oxygens (including phenoxy) is 1. The van der Waals surface area contributed by atoms with Crippen molar-refractivity contribution >= 4 is 11.9 Å². The van der Waals surface area contributed by atoms with E-state index in [1.165, 1.54) is 4.90 Å². The number of nitrogens with zero attached hydrogens (tertiary/aromatic N) is 1. The van der Waals surface area contributed by atoms with Gasteiger partial charge < -0.3 is 14.7 Å². The molecular weight excluding hydrogens is 234 g/mol. The van der Waals surface area contributed by atoms with E-state index in [2.05, 4.69) is 5.92 Å². The number of hydrogen-bond acceptors (Lipinski definition) is 3. The third-order valence-electron chi connectivity index (χ3n) is 3.69. The molecule has 5 heteroatoms. The molecule has 0 radical (unpaired) electrons. The molecule has 1 heterocycles. The molecule has 2 rings (SSSR count). The zero-order valence-electron chi connectivity index (χ0n) is 10.2. The topological polar surface area (TPSA) is 66.8 Å². The summed E-state index contributed by atoms with van der Waals surface area (Å²) in [6.45, 7) is 0.496. The second-order valence-electron chi connectivity index (χ2n) is 4.85. The molecule has 2 fully saturated rings. The van der Waals surface area contributed by atoms with Crippen LogP contribution in [-0.4, -0.2) is 47.2 Å². The summed E-state index contributed by atoms with van der Waals surface area (Å²) in [5, 5.41) is 9.16. The Hall–Kier alpha value is -1.54. The number of aliphatic carboxylic acids is 1. The quantitative estimate of drug-likeness (QED) is 0.738. The summed E-state index contributed by atoms with van der Waals surface area (Å²) >= 11 is 0. The summed E-state index contributed by atoms with van der Waals surface area (Å²) in [5.74, 6) is 1.36. The first-order valence-corrected chi connectivity index (χ1v) is 6.22. The molecule has 0 aromatic heterocycles. The minimum atomic E-state index is -0.963. The largest absolute Gasteiger partial charge is 0.480 e. The zero-order chi connectivity index (χ0) is 13.1. The van der Waals surface area contributed by atoms with E-state index >= 15 is 0 Å². The van der Waals surface area contributed by atoms with Crippen molar-refractivity contribution in [3.63, 3.8) is 0 Å². The highest BCUT2D eigenvalue weighted by Gasteiger charge is 2.43. The van der Waals surface area contributed by atoms with Gasteiger partial charge in [0.15, 0.2) is 0 Å². The summed E-state index contributed by atoms with van der Waals surface area (Å²) in [4.78, 5) is 24.8. The Labute approximate surface area is 106 Å². The lowest BCUT2D eigenvalue weighted by atomic mass is 9.84. The normalized spacial score (nSPS) is 27.6. The Morgan fingerprint density at radius 1 is 1.44 bits per heavy atom. The molecule has 0 bridgehead atoms. The van der Waals surface area contributed by atoms with Gasteiger partial charge in [0.05, 0.1) is 6.10 Å². The Kier molecular flexibility index (Phi) is 3.87. The van der Waals surface area contributed by atoms with E-state index in [1.807, 2.05) is 0 Å². The van der Waals surface area contributed by atoms with Crippen LogP contribution in [0.3, 0.4) is 0 Å². The van der Waals surface area contributed by atoms with Crippen LogP contribution in [0.2, 0.25) is 0 Å². The average molecular weight is 251 g/mol. The third-order valence-corrected chi connectivity index (χ3v) is 3.69. The van der Waals surface area contributed by atoms with Crippen molar-refractivity contribution in [2.24, 2.45) is 5.92 Å². The third kappa shape index (κ3) is 2.49. The van der Waals surface area contributed by atoms with E-state index < -0.39 is 12.0 Å². The molecule has 2 aliphatic rings. The lowest BCUT2D eigenvalue weighted by Gasteiger charge is -2.31. The average Bonchev–Trinajstić information content (AvgIpc) is 2.68. The van der Waals surface area contributed by atoms with E-state index in [-0.39, 0.29) is 24.5 Å². The van der Waals surface area contributed by atoms with Crippen LogP contribution in [0.25, 0.3) is 0 Å². The van der Waals surface area contributed by atoms with Crippen molar-refractivity contribution in [2.75, 3.05) is 13.2 Å². The lowest BCUT2D eigenvalue weighted by molar-refractivity contribution is -0.151. The number of likely N-dealkylation sites (tertiary alicyclic amines) is 1. The van der Waals surface area contributed by atoms with Gasteiger partial charge in [-0.05, 0) is 12.8 Å². The Morgan fingerprint density at radius 2 is 2.17 bits per heavy atom. The molecule has 1 saturated carbocycles. The van der Waals surface area contributed by atoms with Crippen molar-refractivity contribution in [3.05, 3.63) is 0 Å². The molecule has 1 aliphatic carbocycles. The lowest BCUT2D eigenvalue weighted by Crippen LogP contribution is -2.45. The molecule has 18 heavy (non-hydrogen) atoms. The van der Waals surface area contributed by atoms with E-state index in [4.69, 9.17) is 16.3 Å². The Balaban J connectivity index is 2.00. The first-order valence-electron chi connectivity index (χ1n) is 6.22. The minimum Gasteiger partial charge on any atom is -0.480 e. The van der Waals surface area contributed by atoms with Gasteiger partial charge in [0.1, 0.15) is 12.6 Å². The summed E-state index contributed by atoms with van der Waals surface area (Å²) in [6.07, 6.45) is 7.97. The summed E-state index contributed by atoms with van der Waals surface area (Å²) in [6, 6.07) is -0.763. The molecule has 0 aromatic rings. The number of rotatable bonds is 4. The van der Waals surface area contributed by atoms with Gasteiger partial charge in [-0.15, -0.1) is 6.42 Å². The maximum Gasteiger partial charge on any atom is 0.326 e. The number of carbonyl (C=O) groups is 2. The fourth-order valence-corrected chi connectivity index (χ4v) is 2.45. The summed E-state index contributed by atoms with van der Waals surface area (Å²) in [5.41, 5.74) is 0. The van der Waals surface area contributed by atoms with Crippen molar-refractivity contribution < 1.29 is 19.4 Å². The SMILES string of the molecule is C#CCOC1CC(C(=O)O)N(C(=O)C2CCC2)C1. The first-order chi connectivity index (χ1) is 8.63. The van der Waals surface area contributed by atoms with Gasteiger partial charge in [0.2, 0.25) is 5.91 Å². The molecule has 2 unspecified atom stereocenters. The molecule has 1 N–H and O–H groups in total. The van der Waals surface area contributed by atoms with Crippen LogP contribution in [0.5, 0.6) is 0 Å². The zero-order valence-corrected chi connectivity index (χ0v) is 10.2. The van der Waals surface area contributed by atoms with Crippen LogP contribution in [0.1, 0.15) is 25.7 Å². The molecule has 5 nitrogen and oxygen atoms in total. The standard InChI is InChI=1S/C13H17NO4/c1-2-6-18-10-7-11(13(16)17)14(8-10)12(15)9-4-3-5-9/h1,9-11H,3-8H2,(H,16,17). The van der Waals surface area contributed by atoms with Gasteiger partial charge in [-0.3, -0.25) is 4.79 Å². The van der Waals surface area contributed by atoms with Gasteiger partial charge in [-0.25, -0.2) is 4.79 Å². The van der Waals surface area contributed by atoms with E-state index in [0.717, 1.165) is 19.3 Å². The van der Waals surface area contributed by atoms with Gasteiger partial charge >= 0.3 is 5.97 Å². The molecule has 98 valence electrons. The van der Waals surface area contributed by atoms with E-state index in [9.17, 15) is 9.59 Å². The smallest absolute Gasteiger partial charge is 0.326 e. The van der Waals surface area contributed by atoms with Crippen molar-refractivity contribution in [3.8, 4) is 12.3 Å². The molecular formula is C13H17NO4. The number of amides is 1. The molecule has 0 aromatic carbocycles. The molecule has 1 aliphatic heterocycles. The van der Waals surface area contributed by atoms with Gasteiger partial charge in [0, 0.05) is 18.9 Å².